The molecular formula is C19H26F4N6O. The predicted octanol–water partition coefficient (Wildman–Crippen LogP) is 4.55. The van der Waals surface area contributed by atoms with Crippen LogP contribution in [0.15, 0.2) is 30.7 Å². The summed E-state index contributed by atoms with van der Waals surface area (Å²) in [5, 5.41) is 5.30. The molecule has 0 fully saturated rings. The van der Waals surface area contributed by atoms with Crippen LogP contribution in [0.5, 0.6) is 0 Å². The number of fused-ring (bicyclic) bond motifs is 1. The number of nitrogens with zero attached hydrogens (tertiary/aromatic N) is 3. The second kappa shape index (κ2) is 8.25. The monoisotopic (exact) mass is 430 g/mol. The van der Waals surface area contributed by atoms with E-state index in [0.29, 0.717) is 11.2 Å². The van der Waals surface area contributed by atoms with Gasteiger partial charge in [0.2, 0.25) is 5.91 Å². The van der Waals surface area contributed by atoms with Gasteiger partial charge in [0.25, 0.3) is 0 Å². The van der Waals surface area contributed by atoms with Crippen molar-refractivity contribution in [2.45, 2.75) is 38.4 Å². The Kier molecular flexibility index (Phi) is 5.90. The fourth-order valence-electron chi connectivity index (χ4n) is 3.11. The van der Waals surface area contributed by atoms with E-state index in [4.69, 9.17) is 0 Å². The second-order valence-corrected chi connectivity index (χ2v) is 6.70. The first kappa shape index (κ1) is 21.5. The van der Waals surface area contributed by atoms with Gasteiger partial charge in [-0.25, -0.2) is 19.3 Å². The lowest BCUT2D eigenvalue weighted by Gasteiger charge is -2.32. The number of pyridine rings is 1. The van der Waals surface area contributed by atoms with Gasteiger partial charge in [0, 0.05) is 27.6 Å². The molecule has 3 rings (SSSR count). The van der Waals surface area contributed by atoms with Crippen LogP contribution in [0.25, 0.3) is 22.4 Å². The van der Waals surface area contributed by atoms with Crippen molar-refractivity contribution in [1.29, 1.82) is 0 Å². The molecule has 3 aromatic heterocycles. The van der Waals surface area contributed by atoms with E-state index in [9.17, 15) is 22.4 Å². The van der Waals surface area contributed by atoms with Crippen LogP contribution in [0, 0.1) is 5.82 Å². The van der Waals surface area contributed by atoms with Gasteiger partial charge in [0.1, 0.15) is 17.7 Å². The van der Waals surface area contributed by atoms with Gasteiger partial charge in [0.15, 0.2) is 17.5 Å². The van der Waals surface area contributed by atoms with Crippen LogP contribution in [0.2, 0.25) is 0 Å². The third-order valence-corrected chi connectivity index (χ3v) is 4.88. The summed E-state index contributed by atoms with van der Waals surface area (Å²) < 4.78 is 52.0. The molecule has 3 heterocycles. The Morgan fingerprint density at radius 2 is 1.97 bits per heavy atom. The summed E-state index contributed by atoms with van der Waals surface area (Å²) in [4.78, 5) is 27.9. The topological polar surface area (TPSA) is 95.6 Å². The molecule has 0 saturated heterocycles. The van der Waals surface area contributed by atoms with Gasteiger partial charge in [0.05, 0.1) is 6.20 Å². The zero-order valence-corrected chi connectivity index (χ0v) is 16.3. The third-order valence-electron chi connectivity index (χ3n) is 4.88. The summed E-state index contributed by atoms with van der Waals surface area (Å²) in [6.07, 6.45) is -0.149. The largest absolute Gasteiger partial charge is 0.405 e. The van der Waals surface area contributed by atoms with Gasteiger partial charge in [-0.1, -0.05) is 13.8 Å². The molecule has 0 aliphatic heterocycles. The molecule has 0 aliphatic rings. The molecule has 1 amide bonds. The highest BCUT2D eigenvalue weighted by molar-refractivity contribution is 5.92. The van der Waals surface area contributed by atoms with Gasteiger partial charge < -0.3 is 15.6 Å². The SMILES string of the molecule is CCC(CC)(Nc1nc(-c2c[nH]c3ncccc23)ncc1F)C(=O)NCC(F)(F)F.[HH].[HH].[HH]. The number of rotatable bonds is 7. The maximum absolute atomic E-state index is 14.4. The van der Waals surface area contributed by atoms with Gasteiger partial charge in [-0.15, -0.1) is 0 Å². The van der Waals surface area contributed by atoms with Crippen molar-refractivity contribution in [2.24, 2.45) is 0 Å². The molecule has 3 N–H and O–H groups in total. The van der Waals surface area contributed by atoms with Crippen LogP contribution in [-0.4, -0.2) is 44.1 Å². The summed E-state index contributed by atoms with van der Waals surface area (Å²) in [5.41, 5.74) is -0.307. The number of anilines is 1. The van der Waals surface area contributed by atoms with E-state index >= 15 is 0 Å². The lowest BCUT2D eigenvalue weighted by Crippen LogP contribution is -2.53. The van der Waals surface area contributed by atoms with E-state index in [1.54, 1.807) is 38.4 Å². The van der Waals surface area contributed by atoms with Crippen molar-refractivity contribution in [2.75, 3.05) is 11.9 Å². The Morgan fingerprint density at radius 1 is 1.23 bits per heavy atom. The van der Waals surface area contributed by atoms with E-state index in [2.05, 4.69) is 25.3 Å². The number of hydrogen-bond donors (Lipinski definition) is 3. The minimum Gasteiger partial charge on any atom is -0.353 e. The molecule has 30 heavy (non-hydrogen) atoms. The summed E-state index contributed by atoms with van der Waals surface area (Å²) in [5.74, 6) is -1.81. The van der Waals surface area contributed by atoms with E-state index in [1.165, 1.54) is 0 Å². The van der Waals surface area contributed by atoms with Crippen molar-refractivity contribution in [1.82, 2.24) is 25.3 Å². The summed E-state index contributed by atoms with van der Waals surface area (Å²) in [6.45, 7) is 1.76. The van der Waals surface area contributed by atoms with Crippen molar-refractivity contribution in [3.05, 3.63) is 36.5 Å². The first-order valence-electron chi connectivity index (χ1n) is 9.27. The molecule has 0 aromatic carbocycles. The molecule has 0 unspecified atom stereocenters. The molecule has 166 valence electrons. The fraction of sp³-hybridized carbons (Fsp3) is 0.368. The van der Waals surface area contributed by atoms with Crippen LogP contribution in [0.3, 0.4) is 0 Å². The Bertz CT molecular complexity index is 1060. The summed E-state index contributed by atoms with van der Waals surface area (Å²) in [7, 11) is 0. The molecule has 0 saturated carbocycles. The van der Waals surface area contributed by atoms with E-state index in [0.717, 1.165) is 11.6 Å². The number of nitrogens with one attached hydrogen (secondary N) is 3. The average Bonchev–Trinajstić information content (AvgIpc) is 3.15. The van der Waals surface area contributed by atoms with E-state index < -0.39 is 30.0 Å². The van der Waals surface area contributed by atoms with Gasteiger partial charge in [-0.2, -0.15) is 13.2 Å². The molecule has 0 aliphatic carbocycles. The first-order chi connectivity index (χ1) is 14.2. The maximum atomic E-state index is 14.4. The smallest absolute Gasteiger partial charge is 0.353 e. The van der Waals surface area contributed by atoms with E-state index in [-0.39, 0.29) is 28.8 Å². The average molecular weight is 430 g/mol. The quantitative estimate of drug-likeness (QED) is 0.478. The third kappa shape index (κ3) is 4.34. The highest BCUT2D eigenvalue weighted by Gasteiger charge is 2.38. The number of aromatic nitrogens is 4. The lowest BCUT2D eigenvalue weighted by atomic mass is 9.91. The number of H-pyrrole nitrogens is 1. The number of aromatic amines is 1. The number of hydrogen-bond acceptors (Lipinski definition) is 5. The Hall–Kier alpha value is -3.24. The Balaban J connectivity index is 0.00000341. The van der Waals surface area contributed by atoms with Gasteiger partial charge >= 0.3 is 6.18 Å². The van der Waals surface area contributed by atoms with Crippen LogP contribution < -0.4 is 10.6 Å². The lowest BCUT2D eigenvalue weighted by molar-refractivity contribution is -0.141. The van der Waals surface area contributed by atoms with Crippen LogP contribution in [0.4, 0.5) is 23.4 Å². The number of carbonyl (C=O) groups is 1. The highest BCUT2D eigenvalue weighted by atomic mass is 19.4. The normalized spacial score (nSPS) is 12.2. The molecule has 0 radical (unpaired) electrons. The minimum atomic E-state index is -4.56. The molecule has 7 nitrogen and oxygen atoms in total. The van der Waals surface area contributed by atoms with Crippen LogP contribution in [0.1, 0.15) is 31.0 Å². The van der Waals surface area contributed by atoms with Crippen molar-refractivity contribution in [3.8, 4) is 11.4 Å². The zero-order chi connectivity index (χ0) is 21.9. The van der Waals surface area contributed by atoms with E-state index in [1.807, 2.05) is 5.32 Å². The predicted molar refractivity (Wildman–Crippen MR) is 109 cm³/mol. The minimum absolute atomic E-state index is 0. The molecule has 3 aromatic rings. The first-order valence-corrected chi connectivity index (χ1v) is 9.27. The maximum Gasteiger partial charge on any atom is 0.405 e. The van der Waals surface area contributed by atoms with Gasteiger partial charge in [-0.05, 0) is 25.0 Å². The molecule has 0 atom stereocenters. The Labute approximate surface area is 173 Å². The van der Waals surface area contributed by atoms with Crippen molar-refractivity contribution < 1.29 is 26.6 Å². The van der Waals surface area contributed by atoms with Gasteiger partial charge in [-0.3, -0.25) is 4.79 Å². The highest BCUT2D eigenvalue weighted by Crippen LogP contribution is 2.28. The number of halogens is 4. The molecule has 0 bridgehead atoms. The number of alkyl halides is 3. The van der Waals surface area contributed by atoms with Crippen LogP contribution in [-0.2, 0) is 4.79 Å². The van der Waals surface area contributed by atoms with Crippen molar-refractivity contribution in [3.63, 3.8) is 0 Å². The fourth-order valence-corrected chi connectivity index (χ4v) is 3.11. The van der Waals surface area contributed by atoms with Crippen LogP contribution >= 0.6 is 0 Å². The Morgan fingerprint density at radius 3 is 2.63 bits per heavy atom. The second-order valence-electron chi connectivity index (χ2n) is 6.70. The summed E-state index contributed by atoms with van der Waals surface area (Å²) in [6, 6.07) is 3.52. The standard InChI is InChI=1S/C19H20F4N6O.3H2/c1-3-18(4-2,17(30)27-10-19(21,22)23)29-16-13(20)9-26-15(28-16)12-8-25-14-11(12)6-5-7-24-14;;;/h5-9H,3-4,10H2,1-2H3,(H,24,25)(H,27,30)(H,26,28,29);3*1H. The summed E-state index contributed by atoms with van der Waals surface area (Å²) >= 11 is 0. The molecular weight excluding hydrogens is 404 g/mol. The molecule has 0 spiro atoms. The zero-order valence-electron chi connectivity index (χ0n) is 16.3. The molecule has 11 heteroatoms. The number of amides is 1. The van der Waals surface area contributed by atoms with Crippen molar-refractivity contribution >= 4 is 22.8 Å². The number of carbonyl (C=O) groups excluding carboxylic acids is 1.